The fraction of sp³-hybridized carbons (Fsp3) is 0.593. The zero-order valence-corrected chi connectivity index (χ0v) is 22.3. The van der Waals surface area contributed by atoms with Gasteiger partial charge in [0.1, 0.15) is 11.6 Å². The number of rotatable bonds is 10. The van der Waals surface area contributed by atoms with Gasteiger partial charge in [0.05, 0.1) is 30.0 Å². The quantitative estimate of drug-likeness (QED) is 0.368. The molecule has 2 aliphatic rings. The van der Waals surface area contributed by atoms with Gasteiger partial charge in [0.2, 0.25) is 0 Å². The van der Waals surface area contributed by atoms with Crippen LogP contribution in [-0.4, -0.2) is 61.6 Å². The highest BCUT2D eigenvalue weighted by atomic mass is 35.5. The number of hydrogen-bond acceptors (Lipinski definition) is 8. The number of anilines is 2. The minimum absolute atomic E-state index is 0.280. The monoisotopic (exact) mass is 530 g/mol. The number of ether oxygens (including phenoxy) is 2. The van der Waals surface area contributed by atoms with E-state index >= 15 is 0 Å². The zero-order valence-electron chi connectivity index (χ0n) is 21.5. The third-order valence-electron chi connectivity index (χ3n) is 7.33. The van der Waals surface area contributed by atoms with Crippen LogP contribution in [-0.2, 0) is 9.47 Å². The molecule has 0 unspecified atom stereocenters. The largest absolute Gasteiger partial charge is 0.383 e. The van der Waals surface area contributed by atoms with Crippen molar-refractivity contribution < 1.29 is 13.9 Å². The van der Waals surface area contributed by atoms with E-state index in [1.165, 1.54) is 6.20 Å². The van der Waals surface area contributed by atoms with Gasteiger partial charge in [-0.05, 0) is 57.6 Å². The molecule has 8 nitrogen and oxygen atoms in total. The standard InChI is InChI=1S/C27H36ClFN6O2/c1-18(15-36-2)34-20-3-5-21(6-4-20)35-25-12-22(23(29)14-31-25)19-11-24(26(28)32-13-19)33-17-27(16-30)7-9-37-10-8-27/h11-14,18,20-21,33-34H,3-10,15,17H2,1-2H3,(H,31,35)/t18-,20-,21-/m1/s1. The van der Waals surface area contributed by atoms with E-state index in [-0.39, 0.29) is 11.2 Å². The highest BCUT2D eigenvalue weighted by Gasteiger charge is 2.32. The molecule has 2 fully saturated rings. The second-order valence-electron chi connectivity index (χ2n) is 10.2. The number of methoxy groups -OCH3 is 1. The first-order valence-electron chi connectivity index (χ1n) is 13.0. The van der Waals surface area contributed by atoms with Gasteiger partial charge in [-0.3, -0.25) is 0 Å². The highest BCUT2D eigenvalue weighted by molar-refractivity contribution is 6.32. The Morgan fingerprint density at radius 3 is 2.62 bits per heavy atom. The Morgan fingerprint density at radius 1 is 1.19 bits per heavy atom. The minimum atomic E-state index is -0.521. The Labute approximate surface area is 223 Å². The molecule has 2 aromatic heterocycles. The Morgan fingerprint density at radius 2 is 1.92 bits per heavy atom. The number of halogens is 2. The molecule has 0 amide bonds. The van der Waals surface area contributed by atoms with Crippen molar-refractivity contribution in [3.05, 3.63) is 35.5 Å². The Kier molecular flexibility index (Phi) is 9.54. The number of nitrogens with one attached hydrogen (secondary N) is 3. The van der Waals surface area contributed by atoms with Crippen molar-refractivity contribution >= 4 is 23.1 Å². The van der Waals surface area contributed by atoms with Crippen LogP contribution in [0.15, 0.2) is 24.5 Å². The number of nitriles is 1. The van der Waals surface area contributed by atoms with Crippen molar-refractivity contribution in [3.63, 3.8) is 0 Å². The molecular formula is C27H36ClFN6O2. The van der Waals surface area contributed by atoms with Gasteiger partial charge in [-0.15, -0.1) is 0 Å². The number of pyridine rings is 2. The summed E-state index contributed by atoms with van der Waals surface area (Å²) < 4.78 is 25.5. The summed E-state index contributed by atoms with van der Waals surface area (Å²) in [6, 6.07) is 7.03. The second-order valence-corrected chi connectivity index (χ2v) is 10.5. The first-order valence-corrected chi connectivity index (χ1v) is 13.3. The predicted molar refractivity (Wildman–Crippen MR) is 143 cm³/mol. The Hall–Kier alpha value is -2.51. The topological polar surface area (TPSA) is 104 Å². The number of aromatic nitrogens is 2. The van der Waals surface area contributed by atoms with Gasteiger partial charge in [-0.2, -0.15) is 5.26 Å². The van der Waals surface area contributed by atoms with E-state index in [2.05, 4.69) is 38.9 Å². The third-order valence-corrected chi connectivity index (χ3v) is 7.63. The molecule has 1 saturated heterocycles. The molecule has 0 aromatic carbocycles. The van der Waals surface area contributed by atoms with E-state index < -0.39 is 11.2 Å². The molecule has 1 aliphatic carbocycles. The fourth-order valence-electron chi connectivity index (χ4n) is 5.13. The van der Waals surface area contributed by atoms with E-state index in [0.717, 1.165) is 25.7 Å². The van der Waals surface area contributed by atoms with E-state index in [9.17, 15) is 9.65 Å². The van der Waals surface area contributed by atoms with Gasteiger partial charge in [0.25, 0.3) is 0 Å². The molecule has 3 heterocycles. The lowest BCUT2D eigenvalue weighted by atomic mass is 9.81. The van der Waals surface area contributed by atoms with E-state index in [4.69, 9.17) is 21.1 Å². The molecule has 0 radical (unpaired) electrons. The van der Waals surface area contributed by atoms with Crippen molar-refractivity contribution in [3.8, 4) is 17.2 Å². The van der Waals surface area contributed by atoms with Crippen LogP contribution in [0.2, 0.25) is 5.15 Å². The van der Waals surface area contributed by atoms with Crippen molar-refractivity contribution in [2.45, 2.75) is 63.6 Å². The van der Waals surface area contributed by atoms with Crippen LogP contribution in [0, 0.1) is 22.6 Å². The third kappa shape index (κ3) is 7.29. The summed E-state index contributed by atoms with van der Waals surface area (Å²) in [5.74, 6) is 0.203. The van der Waals surface area contributed by atoms with Crippen LogP contribution in [0.25, 0.3) is 11.1 Å². The van der Waals surface area contributed by atoms with Crippen LogP contribution < -0.4 is 16.0 Å². The van der Waals surface area contributed by atoms with Gasteiger partial charge in [0.15, 0.2) is 5.15 Å². The first kappa shape index (κ1) is 27.5. The Bertz CT molecular complexity index is 1080. The molecule has 1 saturated carbocycles. The van der Waals surface area contributed by atoms with Crippen LogP contribution in [0.4, 0.5) is 15.9 Å². The maximum atomic E-state index is 14.8. The molecule has 0 spiro atoms. The highest BCUT2D eigenvalue weighted by Crippen LogP contribution is 2.33. The van der Waals surface area contributed by atoms with Gasteiger partial charge in [0, 0.05) is 62.3 Å². The molecule has 10 heteroatoms. The van der Waals surface area contributed by atoms with Gasteiger partial charge >= 0.3 is 0 Å². The smallest absolute Gasteiger partial charge is 0.152 e. The summed E-state index contributed by atoms with van der Waals surface area (Å²) in [5, 5.41) is 20.4. The average molecular weight is 531 g/mol. The maximum absolute atomic E-state index is 14.8. The van der Waals surface area contributed by atoms with Gasteiger partial charge in [-0.25, -0.2) is 14.4 Å². The predicted octanol–water partition coefficient (Wildman–Crippen LogP) is 5.02. The summed E-state index contributed by atoms with van der Waals surface area (Å²) in [7, 11) is 1.72. The zero-order chi connectivity index (χ0) is 26.3. The lowest BCUT2D eigenvalue weighted by molar-refractivity contribution is 0.0456. The van der Waals surface area contributed by atoms with Crippen molar-refractivity contribution in [2.75, 3.05) is 44.1 Å². The summed E-state index contributed by atoms with van der Waals surface area (Å²) in [6.07, 6.45) is 8.24. The second kappa shape index (κ2) is 12.8. The molecule has 1 aliphatic heterocycles. The number of hydrogen-bond donors (Lipinski definition) is 3. The average Bonchev–Trinajstić information content (AvgIpc) is 2.91. The lowest BCUT2D eigenvalue weighted by Gasteiger charge is -2.32. The van der Waals surface area contributed by atoms with Crippen LogP contribution in [0.3, 0.4) is 0 Å². The molecule has 0 bridgehead atoms. The normalized spacial score (nSPS) is 22.1. The van der Waals surface area contributed by atoms with Crippen molar-refractivity contribution in [2.24, 2.45) is 5.41 Å². The Balaban J connectivity index is 1.41. The number of nitrogens with zero attached hydrogens (tertiary/aromatic N) is 3. The molecule has 3 N–H and O–H groups in total. The van der Waals surface area contributed by atoms with E-state index in [1.54, 1.807) is 25.4 Å². The lowest BCUT2D eigenvalue weighted by Crippen LogP contribution is -2.42. The first-order chi connectivity index (χ1) is 17.9. The van der Waals surface area contributed by atoms with Gasteiger partial charge in [-0.1, -0.05) is 11.6 Å². The molecule has 2 aromatic rings. The van der Waals surface area contributed by atoms with Gasteiger partial charge < -0.3 is 25.4 Å². The summed E-state index contributed by atoms with van der Waals surface area (Å²) >= 11 is 6.34. The molecule has 4 rings (SSSR count). The van der Waals surface area contributed by atoms with Crippen molar-refractivity contribution in [1.29, 1.82) is 5.26 Å². The fourth-order valence-corrected chi connectivity index (χ4v) is 5.30. The summed E-state index contributed by atoms with van der Waals surface area (Å²) in [6.45, 7) is 4.38. The molecule has 1 atom stereocenters. The van der Waals surface area contributed by atoms with Crippen LogP contribution in [0.5, 0.6) is 0 Å². The summed E-state index contributed by atoms with van der Waals surface area (Å²) in [5.41, 5.74) is 1.04. The van der Waals surface area contributed by atoms with Crippen LogP contribution >= 0.6 is 11.6 Å². The molecule has 37 heavy (non-hydrogen) atoms. The minimum Gasteiger partial charge on any atom is -0.383 e. The van der Waals surface area contributed by atoms with E-state index in [1.807, 2.05) is 0 Å². The maximum Gasteiger partial charge on any atom is 0.152 e. The molecular weight excluding hydrogens is 495 g/mol. The molecule has 200 valence electrons. The SMILES string of the molecule is COC[C@@H](C)N[C@H]1CC[C@H](Nc2cc(-c3cnc(Cl)c(NCC4(C#N)CCOCC4)c3)c(F)cn2)CC1. The van der Waals surface area contributed by atoms with E-state index in [0.29, 0.717) is 73.9 Å². The van der Waals surface area contributed by atoms with Crippen molar-refractivity contribution in [1.82, 2.24) is 15.3 Å². The summed E-state index contributed by atoms with van der Waals surface area (Å²) in [4.78, 5) is 8.55. The van der Waals surface area contributed by atoms with Crippen LogP contribution in [0.1, 0.15) is 45.4 Å².